The van der Waals surface area contributed by atoms with E-state index in [0.717, 1.165) is 5.56 Å². The lowest BCUT2D eigenvalue weighted by molar-refractivity contribution is 0.0378. The molecule has 18 heavy (non-hydrogen) atoms. The minimum Gasteiger partial charge on any atom is -0.459 e. The minimum atomic E-state index is -3.05. The highest BCUT2D eigenvalue weighted by Crippen LogP contribution is 2.36. The molecule has 0 spiro atoms. The minimum absolute atomic E-state index is 0.0217. The standard InChI is InChI=1S/C11H15NO4S2/c1-6(2)16-11(13)9-7-3-4-18(14,15)5-8(7)17-10(9)12/h6H,3-5,12H2,1-2H3. The van der Waals surface area contributed by atoms with E-state index in [-0.39, 0.29) is 17.6 Å². The SMILES string of the molecule is CC(C)OC(=O)c1c(N)sc2c1CCS(=O)(=O)C2. The molecule has 2 N–H and O–H groups in total. The third-order valence-electron chi connectivity index (χ3n) is 2.68. The molecule has 0 aliphatic carbocycles. The Morgan fingerprint density at radius 3 is 2.72 bits per heavy atom. The lowest BCUT2D eigenvalue weighted by Gasteiger charge is -2.14. The van der Waals surface area contributed by atoms with E-state index < -0.39 is 15.8 Å². The fraction of sp³-hybridized carbons (Fsp3) is 0.545. The fourth-order valence-electron chi connectivity index (χ4n) is 1.94. The normalized spacial score (nSPS) is 17.5. The van der Waals surface area contributed by atoms with Crippen LogP contribution in [0.4, 0.5) is 5.00 Å². The molecule has 0 unspecified atom stereocenters. The molecule has 0 bridgehead atoms. The molecular formula is C11H15NO4S2. The van der Waals surface area contributed by atoms with Crippen LogP contribution in [0.1, 0.15) is 34.6 Å². The van der Waals surface area contributed by atoms with Crippen LogP contribution < -0.4 is 5.73 Å². The first-order chi connectivity index (χ1) is 8.30. The number of carbonyl (C=O) groups is 1. The number of thiophene rings is 1. The van der Waals surface area contributed by atoms with Crippen molar-refractivity contribution >= 4 is 32.1 Å². The van der Waals surface area contributed by atoms with Gasteiger partial charge in [-0.3, -0.25) is 0 Å². The first-order valence-corrected chi connectivity index (χ1v) is 8.25. The number of nitrogen functional groups attached to an aromatic ring is 1. The largest absolute Gasteiger partial charge is 0.459 e. The molecule has 5 nitrogen and oxygen atoms in total. The number of hydrogen-bond donors (Lipinski definition) is 1. The van der Waals surface area contributed by atoms with Gasteiger partial charge in [0.05, 0.1) is 23.2 Å². The van der Waals surface area contributed by atoms with Gasteiger partial charge < -0.3 is 10.5 Å². The lowest BCUT2D eigenvalue weighted by Crippen LogP contribution is -2.20. The zero-order valence-corrected chi connectivity index (χ0v) is 11.9. The number of carbonyl (C=O) groups excluding carboxylic acids is 1. The molecule has 0 atom stereocenters. The Labute approximate surface area is 110 Å². The Morgan fingerprint density at radius 1 is 1.44 bits per heavy atom. The number of esters is 1. The number of fused-ring (bicyclic) bond motifs is 1. The lowest BCUT2D eigenvalue weighted by atomic mass is 10.1. The van der Waals surface area contributed by atoms with E-state index in [2.05, 4.69) is 0 Å². The average molecular weight is 289 g/mol. The Hall–Kier alpha value is -1.08. The predicted octanol–water partition coefficient (Wildman–Crippen LogP) is 1.37. The molecule has 2 heterocycles. The molecule has 7 heteroatoms. The first kappa shape index (κ1) is 13.4. The smallest absolute Gasteiger partial charge is 0.341 e. The highest BCUT2D eigenvalue weighted by Gasteiger charge is 2.30. The van der Waals surface area contributed by atoms with Gasteiger partial charge in [-0.2, -0.15) is 0 Å². The van der Waals surface area contributed by atoms with Crippen LogP contribution in [-0.4, -0.2) is 26.2 Å². The topological polar surface area (TPSA) is 86.5 Å². The maximum absolute atomic E-state index is 11.9. The monoisotopic (exact) mass is 289 g/mol. The zero-order chi connectivity index (χ0) is 13.5. The molecule has 1 aliphatic rings. The van der Waals surface area contributed by atoms with E-state index in [4.69, 9.17) is 10.5 Å². The van der Waals surface area contributed by atoms with E-state index in [1.165, 1.54) is 11.3 Å². The summed E-state index contributed by atoms with van der Waals surface area (Å²) in [5.74, 6) is -0.413. The van der Waals surface area contributed by atoms with Crippen LogP contribution in [0.15, 0.2) is 0 Å². The Kier molecular flexibility index (Phi) is 3.37. The van der Waals surface area contributed by atoms with Crippen LogP contribution >= 0.6 is 11.3 Å². The van der Waals surface area contributed by atoms with Crippen LogP contribution in [0.3, 0.4) is 0 Å². The van der Waals surface area contributed by atoms with E-state index in [0.29, 0.717) is 21.9 Å². The van der Waals surface area contributed by atoms with Gasteiger partial charge >= 0.3 is 5.97 Å². The molecule has 0 radical (unpaired) electrons. The van der Waals surface area contributed by atoms with Crippen molar-refractivity contribution in [2.24, 2.45) is 0 Å². The Bertz CT molecular complexity index is 586. The number of nitrogens with two attached hydrogens (primary N) is 1. The van der Waals surface area contributed by atoms with Crippen LogP contribution in [0.5, 0.6) is 0 Å². The summed E-state index contributed by atoms with van der Waals surface area (Å²) in [5.41, 5.74) is 6.92. The third-order valence-corrected chi connectivity index (χ3v) is 5.48. The maximum Gasteiger partial charge on any atom is 0.341 e. The second kappa shape index (κ2) is 4.55. The number of hydrogen-bond acceptors (Lipinski definition) is 6. The average Bonchev–Trinajstić information content (AvgIpc) is 2.50. The van der Waals surface area contributed by atoms with Crippen molar-refractivity contribution in [3.63, 3.8) is 0 Å². The van der Waals surface area contributed by atoms with Crippen molar-refractivity contribution in [2.75, 3.05) is 11.5 Å². The molecule has 0 fully saturated rings. The van der Waals surface area contributed by atoms with Crippen molar-refractivity contribution in [1.29, 1.82) is 0 Å². The van der Waals surface area contributed by atoms with Crippen molar-refractivity contribution < 1.29 is 17.9 Å². The molecule has 1 aromatic heterocycles. The van der Waals surface area contributed by atoms with E-state index in [1.807, 2.05) is 0 Å². The van der Waals surface area contributed by atoms with Gasteiger partial charge in [0.1, 0.15) is 5.00 Å². The van der Waals surface area contributed by atoms with Gasteiger partial charge in [0.15, 0.2) is 9.84 Å². The molecule has 2 rings (SSSR count). The van der Waals surface area contributed by atoms with Crippen molar-refractivity contribution in [3.05, 3.63) is 16.0 Å². The van der Waals surface area contributed by atoms with Crippen molar-refractivity contribution in [2.45, 2.75) is 32.1 Å². The highest BCUT2D eigenvalue weighted by atomic mass is 32.2. The van der Waals surface area contributed by atoms with Crippen molar-refractivity contribution in [3.8, 4) is 0 Å². The van der Waals surface area contributed by atoms with Gasteiger partial charge in [0.2, 0.25) is 0 Å². The molecule has 0 saturated carbocycles. The van der Waals surface area contributed by atoms with Crippen molar-refractivity contribution in [1.82, 2.24) is 0 Å². The van der Waals surface area contributed by atoms with E-state index >= 15 is 0 Å². The maximum atomic E-state index is 11.9. The molecule has 0 saturated heterocycles. The van der Waals surface area contributed by atoms with Crippen LogP contribution in [0.2, 0.25) is 0 Å². The van der Waals surface area contributed by atoms with Crippen LogP contribution in [0.25, 0.3) is 0 Å². The molecular weight excluding hydrogens is 274 g/mol. The molecule has 0 amide bonds. The molecule has 100 valence electrons. The summed E-state index contributed by atoms with van der Waals surface area (Å²) in [4.78, 5) is 12.6. The third kappa shape index (κ3) is 2.51. The summed E-state index contributed by atoms with van der Waals surface area (Å²) in [5, 5.41) is 0.350. The van der Waals surface area contributed by atoms with Crippen LogP contribution in [0, 0.1) is 0 Å². The van der Waals surface area contributed by atoms with Gasteiger partial charge in [-0.15, -0.1) is 11.3 Å². The summed E-state index contributed by atoms with van der Waals surface area (Å²) in [6.45, 7) is 3.52. The fourth-order valence-corrected chi connectivity index (χ4v) is 4.85. The first-order valence-electron chi connectivity index (χ1n) is 5.61. The van der Waals surface area contributed by atoms with E-state index in [1.54, 1.807) is 13.8 Å². The van der Waals surface area contributed by atoms with Gasteiger partial charge in [0, 0.05) is 4.88 Å². The molecule has 1 aromatic rings. The zero-order valence-electron chi connectivity index (χ0n) is 10.2. The van der Waals surface area contributed by atoms with Gasteiger partial charge in [-0.05, 0) is 25.8 Å². The highest BCUT2D eigenvalue weighted by molar-refractivity contribution is 7.90. The number of anilines is 1. The summed E-state index contributed by atoms with van der Waals surface area (Å²) in [6.07, 6.45) is 0.119. The quantitative estimate of drug-likeness (QED) is 0.831. The molecule has 0 aromatic carbocycles. The second-order valence-corrected chi connectivity index (χ2v) is 7.86. The Morgan fingerprint density at radius 2 is 2.11 bits per heavy atom. The second-order valence-electron chi connectivity index (χ2n) is 4.54. The summed E-state index contributed by atoms with van der Waals surface area (Å²) in [7, 11) is -3.05. The summed E-state index contributed by atoms with van der Waals surface area (Å²) >= 11 is 1.17. The Balaban J connectivity index is 2.40. The molecule has 1 aliphatic heterocycles. The van der Waals surface area contributed by atoms with Gasteiger partial charge in [-0.25, -0.2) is 13.2 Å². The van der Waals surface area contributed by atoms with Gasteiger partial charge in [0.25, 0.3) is 0 Å². The summed E-state index contributed by atoms with van der Waals surface area (Å²) < 4.78 is 28.2. The van der Waals surface area contributed by atoms with Crippen LogP contribution in [-0.2, 0) is 26.7 Å². The van der Waals surface area contributed by atoms with Gasteiger partial charge in [-0.1, -0.05) is 0 Å². The number of ether oxygens (including phenoxy) is 1. The summed E-state index contributed by atoms with van der Waals surface area (Å²) in [6, 6.07) is 0. The number of rotatable bonds is 2. The predicted molar refractivity (Wildman–Crippen MR) is 70.5 cm³/mol. The number of sulfone groups is 1. The van der Waals surface area contributed by atoms with E-state index in [9.17, 15) is 13.2 Å².